The molecule has 0 fully saturated rings. The van der Waals surface area contributed by atoms with Gasteiger partial charge in [-0.3, -0.25) is 0 Å². The van der Waals surface area contributed by atoms with Gasteiger partial charge in [-0.05, 0) is 101 Å². The van der Waals surface area contributed by atoms with Crippen LogP contribution in [-0.2, 0) is 5.41 Å². The Kier molecular flexibility index (Phi) is 4.67. The average molecular weight is 497 g/mol. The number of rotatable bonds is 2. The van der Waals surface area contributed by atoms with Crippen LogP contribution in [0.25, 0.3) is 65.7 Å². The highest BCUT2D eigenvalue weighted by atomic mass is 14.4. The Bertz CT molecular complexity index is 2070. The molecule has 184 valence electrons. The Morgan fingerprint density at radius 3 is 1.72 bits per heavy atom. The van der Waals surface area contributed by atoms with Crippen LogP contribution in [0.5, 0.6) is 0 Å². The molecule has 7 aromatic rings. The molecule has 0 N–H and O–H groups in total. The molecular weight excluding hydrogens is 468 g/mol. The largest absolute Gasteiger partial charge is 0.0619 e. The summed E-state index contributed by atoms with van der Waals surface area (Å²) in [5.74, 6) is 0. The van der Waals surface area contributed by atoms with Crippen LogP contribution in [-0.4, -0.2) is 0 Å². The smallest absolute Gasteiger partial charge is 0.0159 e. The summed E-state index contributed by atoms with van der Waals surface area (Å²) >= 11 is 0. The fraction of sp³-hybridized carbons (Fsp3) is 0.0769. The Labute approximate surface area is 229 Å². The van der Waals surface area contributed by atoms with Crippen LogP contribution in [0.4, 0.5) is 0 Å². The highest BCUT2D eigenvalue weighted by Crippen LogP contribution is 2.50. The molecule has 0 heterocycles. The lowest BCUT2D eigenvalue weighted by molar-refractivity contribution is 0.661. The topological polar surface area (TPSA) is 0 Å². The van der Waals surface area contributed by atoms with Gasteiger partial charge in [-0.25, -0.2) is 0 Å². The first-order chi connectivity index (χ1) is 19.1. The number of benzene rings is 7. The van der Waals surface area contributed by atoms with Gasteiger partial charge in [0.15, 0.2) is 0 Å². The molecule has 0 saturated carbocycles. The third-order valence-corrected chi connectivity index (χ3v) is 8.84. The van der Waals surface area contributed by atoms with Crippen LogP contribution in [0.15, 0.2) is 133 Å². The molecule has 0 spiro atoms. The second-order valence-electron chi connectivity index (χ2n) is 11.4. The normalized spacial score (nSPS) is 13.6. The Hall–Kier alpha value is -4.68. The van der Waals surface area contributed by atoms with Gasteiger partial charge in [0.25, 0.3) is 0 Å². The van der Waals surface area contributed by atoms with Crippen LogP contribution >= 0.6 is 0 Å². The third-order valence-electron chi connectivity index (χ3n) is 8.84. The molecule has 0 heteroatoms. The summed E-state index contributed by atoms with van der Waals surface area (Å²) in [4.78, 5) is 0. The van der Waals surface area contributed by atoms with E-state index in [9.17, 15) is 0 Å². The molecule has 0 radical (unpaired) electrons. The first-order valence-electron chi connectivity index (χ1n) is 13.8. The Morgan fingerprint density at radius 2 is 0.923 bits per heavy atom. The zero-order valence-electron chi connectivity index (χ0n) is 22.2. The van der Waals surface area contributed by atoms with Gasteiger partial charge in [0.1, 0.15) is 0 Å². The van der Waals surface area contributed by atoms with Crippen molar-refractivity contribution in [1.82, 2.24) is 0 Å². The molecule has 0 aromatic heterocycles. The minimum atomic E-state index is -0.00150. The number of hydrogen-bond donors (Lipinski definition) is 0. The number of fused-ring (bicyclic) bond motifs is 7. The van der Waals surface area contributed by atoms with Gasteiger partial charge in [-0.15, -0.1) is 0 Å². The SMILES string of the molecule is CC1(C)c2ccccc2-c2cc3ccc4ccc(-c5ccc(-c6ccc7ccccc7c6)cc5)cc4c3cc21. The first kappa shape index (κ1) is 22.3. The second kappa shape index (κ2) is 8.16. The van der Waals surface area contributed by atoms with E-state index in [-0.39, 0.29) is 5.41 Å². The van der Waals surface area contributed by atoms with Crippen molar-refractivity contribution in [1.29, 1.82) is 0 Å². The van der Waals surface area contributed by atoms with Crippen LogP contribution in [0.1, 0.15) is 25.0 Å². The van der Waals surface area contributed by atoms with Crippen molar-refractivity contribution in [2.24, 2.45) is 0 Å². The van der Waals surface area contributed by atoms with Gasteiger partial charge in [-0.2, -0.15) is 0 Å². The molecule has 0 unspecified atom stereocenters. The predicted octanol–water partition coefficient (Wildman–Crippen LogP) is 10.8. The summed E-state index contributed by atoms with van der Waals surface area (Å²) < 4.78 is 0. The lowest BCUT2D eigenvalue weighted by Crippen LogP contribution is -2.14. The zero-order chi connectivity index (χ0) is 26.1. The van der Waals surface area contributed by atoms with Gasteiger partial charge >= 0.3 is 0 Å². The molecule has 0 atom stereocenters. The molecule has 0 saturated heterocycles. The van der Waals surface area contributed by atoms with Crippen molar-refractivity contribution in [3.63, 3.8) is 0 Å². The summed E-state index contributed by atoms with van der Waals surface area (Å²) in [6.45, 7) is 4.72. The van der Waals surface area contributed by atoms with E-state index in [0.717, 1.165) is 0 Å². The molecule has 0 bridgehead atoms. The third kappa shape index (κ3) is 3.38. The van der Waals surface area contributed by atoms with Gasteiger partial charge in [0, 0.05) is 5.41 Å². The van der Waals surface area contributed by atoms with Crippen molar-refractivity contribution in [3.05, 3.63) is 145 Å². The molecule has 7 aromatic carbocycles. The van der Waals surface area contributed by atoms with E-state index in [1.165, 1.54) is 76.8 Å². The van der Waals surface area contributed by atoms with E-state index in [1.54, 1.807) is 0 Å². The molecule has 0 nitrogen and oxygen atoms in total. The Balaban J connectivity index is 1.23. The maximum Gasteiger partial charge on any atom is 0.0159 e. The minimum Gasteiger partial charge on any atom is -0.0619 e. The van der Waals surface area contributed by atoms with Crippen molar-refractivity contribution in [2.75, 3.05) is 0 Å². The maximum absolute atomic E-state index is 2.46. The van der Waals surface area contributed by atoms with Gasteiger partial charge in [-0.1, -0.05) is 123 Å². The van der Waals surface area contributed by atoms with Crippen LogP contribution in [0, 0.1) is 0 Å². The van der Waals surface area contributed by atoms with E-state index in [2.05, 4.69) is 147 Å². The Morgan fingerprint density at radius 1 is 0.359 bits per heavy atom. The quantitative estimate of drug-likeness (QED) is 0.209. The first-order valence-corrected chi connectivity index (χ1v) is 13.8. The lowest BCUT2D eigenvalue weighted by atomic mass is 9.81. The molecule has 1 aliphatic carbocycles. The lowest BCUT2D eigenvalue weighted by Gasteiger charge is -2.22. The van der Waals surface area contributed by atoms with Crippen LogP contribution < -0.4 is 0 Å². The molecular formula is C39H28. The number of hydrogen-bond acceptors (Lipinski definition) is 0. The molecule has 1 aliphatic rings. The summed E-state index contributed by atoms with van der Waals surface area (Å²) in [6, 6.07) is 49.5. The van der Waals surface area contributed by atoms with Gasteiger partial charge in [0.05, 0.1) is 0 Å². The predicted molar refractivity (Wildman–Crippen MR) is 167 cm³/mol. The van der Waals surface area contributed by atoms with E-state index >= 15 is 0 Å². The molecule has 0 aliphatic heterocycles. The van der Waals surface area contributed by atoms with Gasteiger partial charge < -0.3 is 0 Å². The fourth-order valence-electron chi connectivity index (χ4n) is 6.65. The minimum absolute atomic E-state index is 0.00150. The summed E-state index contributed by atoms with van der Waals surface area (Å²) in [7, 11) is 0. The zero-order valence-corrected chi connectivity index (χ0v) is 22.2. The molecule has 39 heavy (non-hydrogen) atoms. The monoisotopic (exact) mass is 496 g/mol. The van der Waals surface area contributed by atoms with E-state index < -0.39 is 0 Å². The van der Waals surface area contributed by atoms with Crippen molar-refractivity contribution in [2.45, 2.75) is 19.3 Å². The highest BCUT2D eigenvalue weighted by Gasteiger charge is 2.35. The summed E-state index contributed by atoms with van der Waals surface area (Å²) in [5.41, 5.74) is 10.6. The van der Waals surface area contributed by atoms with E-state index in [0.29, 0.717) is 0 Å². The standard InChI is InChI=1S/C39H28/c1-39(2)37-10-6-5-9-33(37)36-23-32-20-17-28-16-19-31(22-34(28)35(32)24-38(36)39)27-13-11-26(12-14-27)30-18-15-25-7-3-4-8-29(25)21-30/h3-24H,1-2H3. The molecule has 8 rings (SSSR count). The second-order valence-corrected chi connectivity index (χ2v) is 11.4. The average Bonchev–Trinajstić information content (AvgIpc) is 3.21. The van der Waals surface area contributed by atoms with Crippen LogP contribution in [0.2, 0.25) is 0 Å². The summed E-state index contributed by atoms with van der Waals surface area (Å²) in [5, 5.41) is 7.79. The fourth-order valence-corrected chi connectivity index (χ4v) is 6.65. The van der Waals surface area contributed by atoms with Crippen LogP contribution in [0.3, 0.4) is 0 Å². The van der Waals surface area contributed by atoms with Crippen molar-refractivity contribution >= 4 is 32.3 Å². The van der Waals surface area contributed by atoms with Crippen molar-refractivity contribution < 1.29 is 0 Å². The van der Waals surface area contributed by atoms with E-state index in [4.69, 9.17) is 0 Å². The summed E-state index contributed by atoms with van der Waals surface area (Å²) in [6.07, 6.45) is 0. The molecule has 0 amide bonds. The highest BCUT2D eigenvalue weighted by molar-refractivity contribution is 6.11. The maximum atomic E-state index is 2.46. The van der Waals surface area contributed by atoms with E-state index in [1.807, 2.05) is 0 Å². The van der Waals surface area contributed by atoms with Crippen molar-refractivity contribution in [3.8, 4) is 33.4 Å². The van der Waals surface area contributed by atoms with Gasteiger partial charge in [0.2, 0.25) is 0 Å².